The highest BCUT2D eigenvalue weighted by Gasteiger charge is 2.35. The number of amides is 1. The van der Waals surface area contributed by atoms with Gasteiger partial charge in [-0.2, -0.15) is 17.7 Å². The summed E-state index contributed by atoms with van der Waals surface area (Å²) >= 11 is 1.26. The number of likely N-dealkylation sites (tertiary alicyclic amines) is 1. The van der Waals surface area contributed by atoms with Gasteiger partial charge in [-0.3, -0.25) is 9.69 Å². The molecule has 1 amide bonds. The van der Waals surface area contributed by atoms with Crippen LogP contribution in [0.3, 0.4) is 0 Å². The average Bonchev–Trinajstić information content (AvgIpc) is 3.28. The Morgan fingerprint density at radius 3 is 2.45 bits per heavy atom. The molecule has 1 atom stereocenters. The minimum atomic E-state index is -4.43. The number of benzene rings is 1. The van der Waals surface area contributed by atoms with Gasteiger partial charge >= 0.3 is 6.18 Å². The Labute approximate surface area is 180 Å². The third-order valence-electron chi connectivity index (χ3n) is 5.66. The molecule has 1 fully saturated rings. The summed E-state index contributed by atoms with van der Waals surface area (Å²) in [6.45, 7) is 2.95. The van der Waals surface area contributed by atoms with E-state index < -0.39 is 17.8 Å². The molecule has 0 spiro atoms. The summed E-state index contributed by atoms with van der Waals surface area (Å²) < 4.78 is 40.5. The summed E-state index contributed by atoms with van der Waals surface area (Å²) in [6, 6.07) is 4.46. The molecule has 31 heavy (non-hydrogen) atoms. The van der Waals surface area contributed by atoms with Crippen LogP contribution in [0.25, 0.3) is 4.96 Å². The third-order valence-corrected chi connectivity index (χ3v) is 6.73. The minimum absolute atomic E-state index is 0.0749. The summed E-state index contributed by atoms with van der Waals surface area (Å²) in [5, 5.41) is 15.2. The predicted molar refractivity (Wildman–Crippen MR) is 109 cm³/mol. The summed E-state index contributed by atoms with van der Waals surface area (Å²) in [5.41, 5.74) is 5.31. The molecule has 0 aliphatic carbocycles. The van der Waals surface area contributed by atoms with E-state index in [1.807, 2.05) is 11.8 Å². The first-order valence-electron chi connectivity index (χ1n) is 9.96. The molecule has 1 saturated heterocycles. The van der Waals surface area contributed by atoms with Crippen molar-refractivity contribution in [2.45, 2.75) is 38.4 Å². The number of thiazole rings is 1. The maximum Gasteiger partial charge on any atom is 0.416 e. The molecular weight excluding hydrogens is 431 g/mol. The van der Waals surface area contributed by atoms with Crippen molar-refractivity contribution >= 4 is 22.2 Å². The quantitative estimate of drug-likeness (QED) is 0.618. The molecule has 3 aromatic rings. The standard InChI is InChI=1S/C20H22F3N5O2S/c1-2-14-25-19-28(26-14)18(30)16(31-19)15(27-9-7-12(8-10-27)17(24)29)11-3-5-13(6-4-11)20(21,22)23/h3-6,12,15,30H,2,7-10H2,1H3,(H2,24,29). The van der Waals surface area contributed by atoms with Gasteiger partial charge < -0.3 is 10.8 Å². The lowest BCUT2D eigenvalue weighted by Gasteiger charge is -2.36. The van der Waals surface area contributed by atoms with E-state index in [9.17, 15) is 23.1 Å². The average molecular weight is 453 g/mol. The van der Waals surface area contributed by atoms with Gasteiger partial charge in [0, 0.05) is 12.3 Å². The number of aryl methyl sites for hydroxylation is 1. The fourth-order valence-corrected chi connectivity index (χ4v) is 5.08. The van der Waals surface area contributed by atoms with E-state index in [0.717, 1.165) is 12.1 Å². The maximum atomic E-state index is 13.0. The van der Waals surface area contributed by atoms with E-state index in [-0.39, 0.29) is 17.7 Å². The molecule has 2 aromatic heterocycles. The van der Waals surface area contributed by atoms with Crippen molar-refractivity contribution in [3.05, 3.63) is 46.1 Å². The number of primary amides is 1. The van der Waals surface area contributed by atoms with Gasteiger partial charge in [0.25, 0.3) is 0 Å². The number of halogens is 3. The van der Waals surface area contributed by atoms with Crippen molar-refractivity contribution in [2.24, 2.45) is 11.7 Å². The van der Waals surface area contributed by atoms with Crippen LogP contribution >= 0.6 is 11.3 Å². The highest BCUT2D eigenvalue weighted by Crippen LogP contribution is 2.42. The number of nitrogens with zero attached hydrogens (tertiary/aromatic N) is 4. The van der Waals surface area contributed by atoms with Crippen molar-refractivity contribution in [1.29, 1.82) is 0 Å². The van der Waals surface area contributed by atoms with Crippen molar-refractivity contribution in [2.75, 3.05) is 13.1 Å². The zero-order chi connectivity index (χ0) is 22.3. The lowest BCUT2D eigenvalue weighted by Crippen LogP contribution is -2.40. The van der Waals surface area contributed by atoms with Crippen molar-refractivity contribution in [3.63, 3.8) is 0 Å². The highest BCUT2D eigenvalue weighted by atomic mass is 32.1. The van der Waals surface area contributed by atoms with Crippen molar-refractivity contribution in [1.82, 2.24) is 19.5 Å². The molecular formula is C20H22F3N5O2S. The number of aromatic nitrogens is 3. The van der Waals surface area contributed by atoms with Crippen LogP contribution in [0.5, 0.6) is 5.88 Å². The smallest absolute Gasteiger partial charge is 0.416 e. The van der Waals surface area contributed by atoms with E-state index in [1.165, 1.54) is 28.0 Å². The number of rotatable bonds is 5. The molecule has 0 bridgehead atoms. The normalized spacial score (nSPS) is 17.3. The zero-order valence-corrected chi connectivity index (χ0v) is 17.6. The maximum absolute atomic E-state index is 13.0. The molecule has 4 rings (SSSR count). The Balaban J connectivity index is 1.74. The summed E-state index contributed by atoms with van der Waals surface area (Å²) in [5.74, 6) is -0.0532. The SMILES string of the molecule is CCc1nc2sc(C(c3ccc(C(F)(F)F)cc3)N3CCC(C(N)=O)CC3)c(O)n2n1. The van der Waals surface area contributed by atoms with Gasteiger partial charge in [-0.1, -0.05) is 30.4 Å². The zero-order valence-electron chi connectivity index (χ0n) is 16.8. The molecule has 3 N–H and O–H groups in total. The second-order valence-corrected chi connectivity index (χ2v) is 8.61. The Hall–Kier alpha value is -2.66. The van der Waals surface area contributed by atoms with Crippen LogP contribution in [0.15, 0.2) is 24.3 Å². The van der Waals surface area contributed by atoms with Gasteiger partial charge in [-0.05, 0) is 43.6 Å². The Bertz CT molecular complexity index is 1080. The first kappa shape index (κ1) is 21.6. The fourth-order valence-electron chi connectivity index (χ4n) is 3.94. The number of hydrogen-bond donors (Lipinski definition) is 2. The minimum Gasteiger partial charge on any atom is -0.492 e. The van der Waals surface area contributed by atoms with Gasteiger partial charge in [0.15, 0.2) is 5.82 Å². The summed E-state index contributed by atoms with van der Waals surface area (Å²) in [4.78, 5) is 19.1. The molecule has 1 aliphatic heterocycles. The first-order chi connectivity index (χ1) is 14.7. The Kier molecular flexibility index (Phi) is 5.65. The second kappa shape index (κ2) is 8.12. The molecule has 166 valence electrons. The number of hydrogen-bond acceptors (Lipinski definition) is 6. The molecule has 0 saturated carbocycles. The van der Waals surface area contributed by atoms with E-state index in [2.05, 4.69) is 10.1 Å². The molecule has 7 nitrogen and oxygen atoms in total. The number of aromatic hydroxyl groups is 1. The van der Waals surface area contributed by atoms with Gasteiger partial charge in [0.1, 0.15) is 0 Å². The largest absolute Gasteiger partial charge is 0.492 e. The molecule has 1 aliphatic rings. The lowest BCUT2D eigenvalue weighted by molar-refractivity contribution is -0.137. The monoisotopic (exact) mass is 453 g/mol. The van der Waals surface area contributed by atoms with Crippen LogP contribution in [-0.4, -0.2) is 43.6 Å². The van der Waals surface area contributed by atoms with Gasteiger partial charge in [-0.15, -0.1) is 5.10 Å². The third kappa shape index (κ3) is 4.11. The number of fused-ring (bicyclic) bond motifs is 1. The molecule has 1 unspecified atom stereocenters. The highest BCUT2D eigenvalue weighted by molar-refractivity contribution is 7.17. The van der Waals surface area contributed by atoms with Gasteiger partial charge in [-0.25, -0.2) is 4.98 Å². The van der Waals surface area contributed by atoms with Crippen LogP contribution in [0.2, 0.25) is 0 Å². The molecule has 0 radical (unpaired) electrons. The van der Waals surface area contributed by atoms with Gasteiger partial charge in [0.2, 0.25) is 16.7 Å². The van der Waals surface area contributed by atoms with Gasteiger partial charge in [0.05, 0.1) is 16.5 Å². The topological polar surface area (TPSA) is 96.8 Å². The number of piperidine rings is 1. The Morgan fingerprint density at radius 1 is 1.29 bits per heavy atom. The number of carbonyl (C=O) groups excluding carboxylic acids is 1. The van der Waals surface area contributed by atoms with Crippen LogP contribution in [0, 0.1) is 5.92 Å². The summed E-state index contributed by atoms with van der Waals surface area (Å²) in [7, 11) is 0. The van der Waals surface area contributed by atoms with Crippen molar-refractivity contribution in [3.8, 4) is 5.88 Å². The second-order valence-electron chi connectivity index (χ2n) is 7.60. The first-order valence-corrected chi connectivity index (χ1v) is 10.8. The molecule has 1 aromatic carbocycles. The van der Waals surface area contributed by atoms with Crippen LogP contribution in [0.4, 0.5) is 13.2 Å². The lowest BCUT2D eigenvalue weighted by atomic mass is 9.93. The van der Waals surface area contributed by atoms with Crippen molar-refractivity contribution < 1.29 is 23.1 Å². The van der Waals surface area contributed by atoms with E-state index in [0.29, 0.717) is 53.6 Å². The van der Waals surface area contributed by atoms with E-state index >= 15 is 0 Å². The van der Waals surface area contributed by atoms with E-state index in [4.69, 9.17) is 5.73 Å². The Morgan fingerprint density at radius 2 is 1.94 bits per heavy atom. The molecule has 3 heterocycles. The van der Waals surface area contributed by atoms with Crippen LogP contribution in [0.1, 0.15) is 47.6 Å². The van der Waals surface area contributed by atoms with Crippen LogP contribution < -0.4 is 5.73 Å². The van der Waals surface area contributed by atoms with Crippen LogP contribution in [-0.2, 0) is 17.4 Å². The fraction of sp³-hybridized carbons (Fsp3) is 0.450. The number of alkyl halides is 3. The van der Waals surface area contributed by atoms with E-state index in [1.54, 1.807) is 0 Å². The molecule has 11 heteroatoms. The predicted octanol–water partition coefficient (Wildman–Crippen LogP) is 3.36. The number of carbonyl (C=O) groups is 1. The number of nitrogens with two attached hydrogens (primary N) is 1. The summed E-state index contributed by atoms with van der Waals surface area (Å²) in [6.07, 6.45) is -2.71.